The highest BCUT2D eigenvalue weighted by Crippen LogP contribution is 2.68. The summed E-state index contributed by atoms with van der Waals surface area (Å²) >= 11 is 0. The van der Waals surface area contributed by atoms with Crippen LogP contribution < -0.4 is 0 Å². The van der Waals surface area contributed by atoms with Crippen LogP contribution >= 0.6 is 0 Å². The SMILES string of the molecule is CC(C)COC(=O)CC[C@@H](C)[C@H]1CC[C@H]2[C@@H]3CC[C@@H]4C[C@H](O)CC[C@]4(C)[C@H]3CC[C@]12C. The van der Waals surface area contributed by atoms with Crippen molar-refractivity contribution in [1.29, 1.82) is 0 Å². The highest BCUT2D eigenvalue weighted by molar-refractivity contribution is 5.69. The van der Waals surface area contributed by atoms with Crippen LogP contribution in [0.2, 0.25) is 0 Å². The van der Waals surface area contributed by atoms with Crippen LogP contribution in [-0.2, 0) is 9.53 Å². The zero-order valence-electron chi connectivity index (χ0n) is 20.9. The van der Waals surface area contributed by atoms with Crippen LogP contribution in [0.3, 0.4) is 0 Å². The van der Waals surface area contributed by atoms with Gasteiger partial charge in [0.25, 0.3) is 0 Å². The van der Waals surface area contributed by atoms with Gasteiger partial charge in [-0.15, -0.1) is 0 Å². The fourth-order valence-electron chi connectivity index (χ4n) is 9.09. The van der Waals surface area contributed by atoms with E-state index < -0.39 is 0 Å². The van der Waals surface area contributed by atoms with E-state index in [9.17, 15) is 9.90 Å². The topological polar surface area (TPSA) is 46.5 Å². The van der Waals surface area contributed by atoms with E-state index in [1.54, 1.807) is 0 Å². The van der Waals surface area contributed by atoms with Gasteiger partial charge in [0.2, 0.25) is 0 Å². The predicted molar refractivity (Wildman–Crippen MR) is 125 cm³/mol. The molecule has 4 aliphatic carbocycles. The predicted octanol–water partition coefficient (Wildman–Crippen LogP) is 6.62. The molecule has 4 fully saturated rings. The van der Waals surface area contributed by atoms with Gasteiger partial charge >= 0.3 is 5.97 Å². The summed E-state index contributed by atoms with van der Waals surface area (Å²) < 4.78 is 5.43. The van der Waals surface area contributed by atoms with Gasteiger partial charge in [0.1, 0.15) is 0 Å². The molecule has 178 valence electrons. The normalized spacial score (nSPS) is 45.5. The quantitative estimate of drug-likeness (QED) is 0.480. The summed E-state index contributed by atoms with van der Waals surface area (Å²) in [6.45, 7) is 12.3. The number of rotatable bonds is 6. The summed E-state index contributed by atoms with van der Waals surface area (Å²) in [5, 5.41) is 10.3. The smallest absolute Gasteiger partial charge is 0.305 e. The number of carbonyl (C=O) groups excluding carboxylic acids is 1. The van der Waals surface area contributed by atoms with Crippen LogP contribution in [0.1, 0.15) is 105 Å². The van der Waals surface area contributed by atoms with Gasteiger partial charge in [-0.25, -0.2) is 0 Å². The number of aliphatic hydroxyl groups excluding tert-OH is 1. The van der Waals surface area contributed by atoms with Crippen molar-refractivity contribution in [3.05, 3.63) is 0 Å². The Morgan fingerprint density at radius 2 is 1.68 bits per heavy atom. The van der Waals surface area contributed by atoms with Gasteiger partial charge in [0, 0.05) is 6.42 Å². The van der Waals surface area contributed by atoms with Crippen LogP contribution in [0.4, 0.5) is 0 Å². The third-order valence-electron chi connectivity index (χ3n) is 10.8. The summed E-state index contributed by atoms with van der Waals surface area (Å²) in [6, 6.07) is 0. The fraction of sp³-hybridized carbons (Fsp3) is 0.964. The van der Waals surface area contributed by atoms with E-state index in [4.69, 9.17) is 4.74 Å². The van der Waals surface area contributed by atoms with E-state index in [0.717, 1.165) is 48.9 Å². The highest BCUT2D eigenvalue weighted by Gasteiger charge is 2.60. The Hall–Kier alpha value is -0.570. The molecule has 1 N–H and O–H groups in total. The Balaban J connectivity index is 1.39. The number of esters is 1. The van der Waals surface area contributed by atoms with E-state index >= 15 is 0 Å². The van der Waals surface area contributed by atoms with E-state index in [2.05, 4.69) is 34.6 Å². The first kappa shape index (κ1) is 23.6. The molecule has 0 amide bonds. The van der Waals surface area contributed by atoms with Crippen LogP contribution in [0.5, 0.6) is 0 Å². The molecule has 0 saturated heterocycles. The van der Waals surface area contributed by atoms with Crippen molar-refractivity contribution in [2.45, 2.75) is 111 Å². The molecule has 0 radical (unpaired) electrons. The molecule has 4 saturated carbocycles. The summed E-state index contributed by atoms with van der Waals surface area (Å²) in [6.07, 6.45) is 13.1. The Bertz CT molecular complexity index is 644. The lowest BCUT2D eigenvalue weighted by Gasteiger charge is -2.61. The molecule has 0 spiro atoms. The molecule has 9 atom stereocenters. The third-order valence-corrected chi connectivity index (χ3v) is 10.8. The molecule has 0 aromatic heterocycles. The van der Waals surface area contributed by atoms with Crippen LogP contribution in [0.25, 0.3) is 0 Å². The summed E-state index contributed by atoms with van der Waals surface area (Å²) in [4.78, 5) is 12.2. The largest absolute Gasteiger partial charge is 0.465 e. The average molecular weight is 433 g/mol. The van der Waals surface area contributed by atoms with Gasteiger partial charge in [-0.1, -0.05) is 34.6 Å². The lowest BCUT2D eigenvalue weighted by Crippen LogP contribution is -2.54. The minimum absolute atomic E-state index is 0.00492. The maximum absolute atomic E-state index is 12.2. The Labute approximate surface area is 191 Å². The van der Waals surface area contributed by atoms with E-state index in [1.807, 2.05) is 0 Å². The van der Waals surface area contributed by atoms with Crippen LogP contribution in [0.15, 0.2) is 0 Å². The van der Waals surface area contributed by atoms with Gasteiger partial charge < -0.3 is 9.84 Å². The highest BCUT2D eigenvalue weighted by atomic mass is 16.5. The van der Waals surface area contributed by atoms with Gasteiger partial charge in [-0.05, 0) is 116 Å². The van der Waals surface area contributed by atoms with Crippen molar-refractivity contribution in [2.75, 3.05) is 6.61 Å². The number of aliphatic hydroxyl groups is 1. The minimum Gasteiger partial charge on any atom is -0.465 e. The van der Waals surface area contributed by atoms with Gasteiger partial charge in [-0.2, -0.15) is 0 Å². The standard InChI is InChI=1S/C28H48O3/c1-18(2)17-31-26(30)11-6-19(3)23-9-10-24-22-8-7-20-16-21(29)12-14-27(20,4)25(22)13-15-28(23,24)5/h18-25,29H,6-17H2,1-5H3/t19-,20-,21-,22+,23-,24+,25+,27+,28-/m1/s1. The van der Waals surface area contributed by atoms with Crippen molar-refractivity contribution in [3.63, 3.8) is 0 Å². The maximum atomic E-state index is 12.2. The number of hydrogen-bond acceptors (Lipinski definition) is 3. The Morgan fingerprint density at radius 1 is 0.968 bits per heavy atom. The van der Waals surface area contributed by atoms with E-state index in [-0.39, 0.29) is 12.1 Å². The molecule has 31 heavy (non-hydrogen) atoms. The average Bonchev–Trinajstić information content (AvgIpc) is 3.08. The lowest BCUT2D eigenvalue weighted by molar-refractivity contribution is -0.145. The van der Waals surface area contributed by atoms with Crippen molar-refractivity contribution in [3.8, 4) is 0 Å². The van der Waals surface area contributed by atoms with Crippen molar-refractivity contribution < 1.29 is 14.6 Å². The van der Waals surface area contributed by atoms with E-state index in [0.29, 0.717) is 35.7 Å². The molecule has 4 aliphatic rings. The summed E-state index contributed by atoms with van der Waals surface area (Å²) in [5.74, 6) is 5.15. The van der Waals surface area contributed by atoms with Crippen LogP contribution in [0, 0.1) is 52.3 Å². The molecule has 0 aromatic carbocycles. The van der Waals surface area contributed by atoms with Gasteiger partial charge in [0.15, 0.2) is 0 Å². The second kappa shape index (κ2) is 8.99. The zero-order chi connectivity index (χ0) is 22.4. The third kappa shape index (κ3) is 4.34. The van der Waals surface area contributed by atoms with Crippen molar-refractivity contribution in [1.82, 2.24) is 0 Å². The molecular weight excluding hydrogens is 384 g/mol. The number of fused-ring (bicyclic) bond motifs is 5. The number of ether oxygens (including phenoxy) is 1. The zero-order valence-corrected chi connectivity index (χ0v) is 20.9. The fourth-order valence-corrected chi connectivity index (χ4v) is 9.09. The summed E-state index contributed by atoms with van der Waals surface area (Å²) in [5.41, 5.74) is 0.924. The number of carbonyl (C=O) groups is 1. The molecule has 3 heteroatoms. The van der Waals surface area contributed by atoms with Crippen molar-refractivity contribution >= 4 is 5.97 Å². The minimum atomic E-state index is -0.0487. The molecule has 0 aromatic rings. The van der Waals surface area contributed by atoms with Crippen molar-refractivity contribution in [2.24, 2.45) is 52.3 Å². The lowest BCUT2D eigenvalue weighted by atomic mass is 9.44. The monoisotopic (exact) mass is 432 g/mol. The first-order valence-electron chi connectivity index (χ1n) is 13.5. The first-order valence-corrected chi connectivity index (χ1v) is 13.5. The molecule has 0 unspecified atom stereocenters. The Kier molecular flexibility index (Phi) is 6.84. The molecule has 0 heterocycles. The molecular formula is C28H48O3. The molecule has 3 nitrogen and oxygen atoms in total. The maximum Gasteiger partial charge on any atom is 0.305 e. The molecule has 4 rings (SSSR count). The second-order valence-corrected chi connectivity index (χ2v) is 12.9. The molecule has 0 bridgehead atoms. The van der Waals surface area contributed by atoms with Gasteiger partial charge in [0.05, 0.1) is 12.7 Å². The Morgan fingerprint density at radius 3 is 2.42 bits per heavy atom. The van der Waals surface area contributed by atoms with Crippen LogP contribution in [-0.4, -0.2) is 23.8 Å². The summed E-state index contributed by atoms with van der Waals surface area (Å²) in [7, 11) is 0. The first-order chi connectivity index (χ1) is 14.6. The second-order valence-electron chi connectivity index (χ2n) is 12.9. The number of hydrogen-bond donors (Lipinski definition) is 1. The van der Waals surface area contributed by atoms with Gasteiger partial charge in [-0.3, -0.25) is 4.79 Å². The van der Waals surface area contributed by atoms with E-state index in [1.165, 1.54) is 44.9 Å². The molecule has 0 aliphatic heterocycles.